The fourth-order valence-corrected chi connectivity index (χ4v) is 4.00. The molecule has 0 saturated carbocycles. The molecule has 0 aliphatic carbocycles. The van der Waals surface area contributed by atoms with Gasteiger partial charge >= 0.3 is 0 Å². The zero-order valence-electron chi connectivity index (χ0n) is 18.1. The number of amides is 1. The number of rotatable bonds is 7. The van der Waals surface area contributed by atoms with Crippen LogP contribution in [0.2, 0.25) is 0 Å². The third-order valence-corrected chi connectivity index (χ3v) is 5.61. The number of nitrogens with one attached hydrogen (secondary N) is 2. The Morgan fingerprint density at radius 1 is 1.00 bits per heavy atom. The van der Waals surface area contributed by atoms with Gasteiger partial charge in [0.2, 0.25) is 5.91 Å². The highest BCUT2D eigenvalue weighted by atomic mass is 16.1. The molecule has 160 valence electrons. The Morgan fingerprint density at radius 3 is 2.35 bits per heavy atom. The quantitative estimate of drug-likeness (QED) is 0.551. The molecule has 6 nitrogen and oxygen atoms in total. The van der Waals surface area contributed by atoms with Crippen LogP contribution in [0.4, 0.5) is 23.0 Å². The number of nitrogens with zero attached hydrogens (tertiary/aromatic N) is 3. The zero-order valence-corrected chi connectivity index (χ0v) is 18.1. The van der Waals surface area contributed by atoms with Crippen LogP contribution in [-0.4, -0.2) is 29.0 Å². The summed E-state index contributed by atoms with van der Waals surface area (Å²) >= 11 is 0. The second-order valence-corrected chi connectivity index (χ2v) is 7.92. The van der Waals surface area contributed by atoms with Crippen molar-refractivity contribution in [3.63, 3.8) is 0 Å². The van der Waals surface area contributed by atoms with Gasteiger partial charge in [0, 0.05) is 30.5 Å². The maximum atomic E-state index is 12.8. The summed E-state index contributed by atoms with van der Waals surface area (Å²) < 4.78 is 0. The third kappa shape index (κ3) is 5.20. The standard InChI is InChI=1S/C25H29N5O/c1-3-22(19-9-5-4-6-10-19)25(31)29-21-13-11-20(12-14-21)28-23-17-24(27-18(2)26-23)30-15-7-8-16-30/h4-6,9-14,17,22H,3,7-8,15-16H2,1-2H3,(H,29,31)(H,26,27,28). The molecule has 1 unspecified atom stereocenters. The molecule has 2 aromatic carbocycles. The molecule has 1 aliphatic rings. The minimum absolute atomic E-state index is 0.0103. The maximum absolute atomic E-state index is 12.8. The molecule has 2 heterocycles. The lowest BCUT2D eigenvalue weighted by atomic mass is 9.95. The lowest BCUT2D eigenvalue weighted by Gasteiger charge is -2.18. The van der Waals surface area contributed by atoms with Crippen molar-refractivity contribution in [3.05, 3.63) is 72.1 Å². The number of aryl methyl sites for hydroxylation is 1. The van der Waals surface area contributed by atoms with Gasteiger partial charge in [-0.25, -0.2) is 9.97 Å². The van der Waals surface area contributed by atoms with Crippen LogP contribution in [0.3, 0.4) is 0 Å². The number of carbonyl (C=O) groups is 1. The monoisotopic (exact) mass is 415 g/mol. The van der Waals surface area contributed by atoms with Gasteiger partial charge in [-0.2, -0.15) is 0 Å². The molecule has 31 heavy (non-hydrogen) atoms. The Hall–Kier alpha value is -3.41. The van der Waals surface area contributed by atoms with Crippen molar-refractivity contribution in [2.75, 3.05) is 28.6 Å². The Morgan fingerprint density at radius 2 is 1.68 bits per heavy atom. The molecule has 0 bridgehead atoms. The minimum atomic E-state index is -0.160. The average molecular weight is 416 g/mol. The van der Waals surface area contributed by atoms with E-state index in [2.05, 4.69) is 25.5 Å². The van der Waals surface area contributed by atoms with Crippen LogP contribution in [0.25, 0.3) is 0 Å². The molecule has 2 N–H and O–H groups in total. The van der Waals surface area contributed by atoms with Crippen LogP contribution in [0.15, 0.2) is 60.7 Å². The largest absolute Gasteiger partial charge is 0.356 e. The maximum Gasteiger partial charge on any atom is 0.231 e. The minimum Gasteiger partial charge on any atom is -0.356 e. The summed E-state index contributed by atoms with van der Waals surface area (Å²) in [4.78, 5) is 24.2. The average Bonchev–Trinajstić information content (AvgIpc) is 3.31. The SMILES string of the molecule is CCC(C(=O)Nc1ccc(Nc2cc(N3CCCC3)nc(C)n2)cc1)c1ccccc1. The van der Waals surface area contributed by atoms with Gasteiger partial charge in [-0.1, -0.05) is 37.3 Å². The number of carbonyl (C=O) groups excluding carboxylic acids is 1. The van der Waals surface area contributed by atoms with Crippen LogP contribution in [0, 0.1) is 6.92 Å². The molecule has 1 atom stereocenters. The van der Waals surface area contributed by atoms with Crippen molar-refractivity contribution in [1.82, 2.24) is 9.97 Å². The van der Waals surface area contributed by atoms with Crippen molar-refractivity contribution < 1.29 is 4.79 Å². The van der Waals surface area contributed by atoms with E-state index >= 15 is 0 Å². The van der Waals surface area contributed by atoms with E-state index in [0.29, 0.717) is 0 Å². The van der Waals surface area contributed by atoms with Gasteiger partial charge < -0.3 is 15.5 Å². The second kappa shape index (κ2) is 9.60. The van der Waals surface area contributed by atoms with Crippen LogP contribution in [0.1, 0.15) is 43.5 Å². The van der Waals surface area contributed by atoms with Crippen molar-refractivity contribution in [2.45, 2.75) is 39.0 Å². The number of aromatic nitrogens is 2. The van der Waals surface area contributed by atoms with E-state index in [1.54, 1.807) is 0 Å². The van der Waals surface area contributed by atoms with E-state index in [1.807, 2.05) is 74.5 Å². The van der Waals surface area contributed by atoms with Crippen molar-refractivity contribution in [2.24, 2.45) is 0 Å². The van der Waals surface area contributed by atoms with E-state index in [4.69, 9.17) is 0 Å². The molecule has 1 aromatic heterocycles. The van der Waals surface area contributed by atoms with Gasteiger partial charge in [0.25, 0.3) is 0 Å². The zero-order chi connectivity index (χ0) is 21.6. The fraction of sp³-hybridized carbons (Fsp3) is 0.320. The van der Waals surface area contributed by atoms with E-state index in [-0.39, 0.29) is 11.8 Å². The van der Waals surface area contributed by atoms with Crippen LogP contribution in [0.5, 0.6) is 0 Å². The Labute approximate surface area is 183 Å². The highest BCUT2D eigenvalue weighted by Crippen LogP contribution is 2.25. The van der Waals surface area contributed by atoms with E-state index < -0.39 is 0 Å². The molecule has 1 aliphatic heterocycles. The van der Waals surface area contributed by atoms with Crippen molar-refractivity contribution in [1.29, 1.82) is 0 Å². The lowest BCUT2D eigenvalue weighted by molar-refractivity contribution is -0.117. The first-order valence-corrected chi connectivity index (χ1v) is 11.0. The first-order chi connectivity index (χ1) is 15.1. The summed E-state index contributed by atoms with van der Waals surface area (Å²) in [5.74, 6) is 2.36. The van der Waals surface area contributed by atoms with Gasteiger partial charge in [-0.05, 0) is 56.0 Å². The normalized spacial score (nSPS) is 14.3. The van der Waals surface area contributed by atoms with E-state index in [9.17, 15) is 4.79 Å². The van der Waals surface area contributed by atoms with Gasteiger partial charge in [-0.15, -0.1) is 0 Å². The molecular formula is C25H29N5O. The number of anilines is 4. The molecular weight excluding hydrogens is 386 g/mol. The molecule has 1 amide bonds. The molecule has 1 saturated heterocycles. The van der Waals surface area contributed by atoms with Crippen LogP contribution in [-0.2, 0) is 4.79 Å². The van der Waals surface area contributed by atoms with Gasteiger partial charge in [0.1, 0.15) is 17.5 Å². The van der Waals surface area contributed by atoms with Gasteiger partial charge in [-0.3, -0.25) is 4.79 Å². The molecule has 4 rings (SSSR count). The van der Waals surface area contributed by atoms with Gasteiger partial charge in [0.05, 0.1) is 5.92 Å². The third-order valence-electron chi connectivity index (χ3n) is 5.61. The van der Waals surface area contributed by atoms with Crippen LogP contribution < -0.4 is 15.5 Å². The summed E-state index contributed by atoms with van der Waals surface area (Å²) in [5.41, 5.74) is 2.73. The number of benzene rings is 2. The first-order valence-electron chi connectivity index (χ1n) is 11.0. The summed E-state index contributed by atoms with van der Waals surface area (Å²) in [6, 6.07) is 19.6. The highest BCUT2D eigenvalue weighted by Gasteiger charge is 2.18. The highest BCUT2D eigenvalue weighted by molar-refractivity contribution is 5.96. The summed E-state index contributed by atoms with van der Waals surface area (Å²) in [6.45, 7) is 6.04. The predicted molar refractivity (Wildman–Crippen MR) is 126 cm³/mol. The summed E-state index contributed by atoms with van der Waals surface area (Å²) in [5, 5.41) is 6.40. The Bertz CT molecular complexity index is 1010. The topological polar surface area (TPSA) is 70.2 Å². The summed E-state index contributed by atoms with van der Waals surface area (Å²) in [6.07, 6.45) is 3.17. The van der Waals surface area contributed by atoms with Crippen molar-refractivity contribution >= 4 is 28.9 Å². The Balaban J connectivity index is 1.42. The second-order valence-electron chi connectivity index (χ2n) is 7.92. The fourth-order valence-electron chi connectivity index (χ4n) is 4.00. The molecule has 6 heteroatoms. The lowest BCUT2D eigenvalue weighted by Crippen LogP contribution is -2.20. The molecule has 0 radical (unpaired) electrons. The van der Waals surface area contributed by atoms with Crippen LogP contribution >= 0.6 is 0 Å². The van der Waals surface area contributed by atoms with E-state index in [1.165, 1.54) is 12.8 Å². The van der Waals surface area contributed by atoms with Gasteiger partial charge in [0.15, 0.2) is 0 Å². The molecule has 3 aromatic rings. The molecule has 0 spiro atoms. The smallest absolute Gasteiger partial charge is 0.231 e. The van der Waals surface area contributed by atoms with Crippen molar-refractivity contribution in [3.8, 4) is 0 Å². The predicted octanol–water partition coefficient (Wildman–Crippen LogP) is 5.26. The number of hydrogen-bond acceptors (Lipinski definition) is 5. The van der Waals surface area contributed by atoms with E-state index in [0.717, 1.165) is 53.9 Å². The number of hydrogen-bond donors (Lipinski definition) is 2. The first kappa shape index (κ1) is 20.8. The summed E-state index contributed by atoms with van der Waals surface area (Å²) in [7, 11) is 0. The molecule has 1 fully saturated rings. The Kier molecular flexibility index (Phi) is 6.46.